The molecule has 0 radical (unpaired) electrons. The minimum atomic E-state index is 0.336. The normalized spacial score (nSPS) is 34.7. The van der Waals surface area contributed by atoms with Crippen molar-refractivity contribution in [3.05, 3.63) is 0 Å². The first kappa shape index (κ1) is 14.4. The Bertz CT molecular complexity index is 281. The Morgan fingerprint density at radius 1 is 0.944 bits per heavy atom. The van der Waals surface area contributed by atoms with Crippen LogP contribution in [0.25, 0.3) is 0 Å². The van der Waals surface area contributed by atoms with Crippen LogP contribution in [-0.2, 0) is 0 Å². The van der Waals surface area contributed by atoms with E-state index in [4.69, 9.17) is 0 Å². The number of fused-ring (bicyclic) bond motifs is 2. The Kier molecular flexibility index (Phi) is 3.84. The van der Waals surface area contributed by atoms with Gasteiger partial charge in [-0.3, -0.25) is 4.90 Å². The molecule has 1 aliphatic carbocycles. The summed E-state index contributed by atoms with van der Waals surface area (Å²) in [6, 6.07) is 1.68. The van der Waals surface area contributed by atoms with Gasteiger partial charge in [0.1, 0.15) is 0 Å². The molecule has 1 heterocycles. The van der Waals surface area contributed by atoms with Crippen LogP contribution in [0.4, 0.5) is 0 Å². The van der Waals surface area contributed by atoms with E-state index in [1.165, 1.54) is 38.5 Å². The Balaban J connectivity index is 2.18. The maximum atomic E-state index is 2.88. The molecule has 3 unspecified atom stereocenters. The van der Waals surface area contributed by atoms with Gasteiger partial charge in [0, 0.05) is 17.6 Å². The molecule has 1 nitrogen and oxygen atoms in total. The van der Waals surface area contributed by atoms with E-state index in [-0.39, 0.29) is 0 Å². The molecule has 106 valence electrons. The molecule has 0 aromatic rings. The molecule has 3 atom stereocenters. The molecule has 2 aliphatic rings. The van der Waals surface area contributed by atoms with Crippen molar-refractivity contribution in [1.82, 2.24) is 4.90 Å². The van der Waals surface area contributed by atoms with E-state index in [0.29, 0.717) is 11.0 Å². The predicted octanol–water partition coefficient (Wildman–Crippen LogP) is 4.85. The lowest BCUT2D eigenvalue weighted by Gasteiger charge is -2.55. The number of hydrogen-bond acceptors (Lipinski definition) is 1. The van der Waals surface area contributed by atoms with Crippen LogP contribution in [0, 0.1) is 11.3 Å². The van der Waals surface area contributed by atoms with Crippen molar-refractivity contribution >= 4 is 0 Å². The van der Waals surface area contributed by atoms with Crippen molar-refractivity contribution in [2.45, 2.75) is 97.7 Å². The van der Waals surface area contributed by atoms with Crippen LogP contribution in [-0.4, -0.2) is 22.5 Å². The molecule has 1 saturated carbocycles. The van der Waals surface area contributed by atoms with Crippen molar-refractivity contribution < 1.29 is 0 Å². The molecule has 2 fully saturated rings. The van der Waals surface area contributed by atoms with Crippen LogP contribution in [0.15, 0.2) is 0 Å². The average Bonchev–Trinajstić information content (AvgIpc) is 2.11. The van der Waals surface area contributed by atoms with Crippen molar-refractivity contribution in [2.75, 3.05) is 0 Å². The Labute approximate surface area is 114 Å². The largest absolute Gasteiger partial charge is 0.293 e. The SMILES string of the molecule is CC(C)(C)CC1CC2CCCC(C2)N1C(C)(C)C. The molecule has 0 aromatic carbocycles. The van der Waals surface area contributed by atoms with Gasteiger partial charge in [-0.15, -0.1) is 0 Å². The predicted molar refractivity (Wildman–Crippen MR) is 79.8 cm³/mol. The van der Waals surface area contributed by atoms with Gasteiger partial charge < -0.3 is 0 Å². The maximum Gasteiger partial charge on any atom is 0.0130 e. The van der Waals surface area contributed by atoms with Crippen LogP contribution in [0.5, 0.6) is 0 Å². The monoisotopic (exact) mass is 251 g/mol. The summed E-state index contributed by atoms with van der Waals surface area (Å²) in [5.74, 6) is 1.02. The van der Waals surface area contributed by atoms with Gasteiger partial charge >= 0.3 is 0 Å². The van der Waals surface area contributed by atoms with Crippen LogP contribution in [0.1, 0.15) is 80.1 Å². The summed E-state index contributed by atoms with van der Waals surface area (Å²) < 4.78 is 0. The second kappa shape index (κ2) is 4.81. The third-order valence-corrected chi connectivity index (χ3v) is 4.77. The van der Waals surface area contributed by atoms with E-state index in [1.807, 2.05) is 0 Å². The zero-order valence-corrected chi connectivity index (χ0v) is 13.4. The van der Waals surface area contributed by atoms with E-state index in [2.05, 4.69) is 46.4 Å². The quantitative estimate of drug-likeness (QED) is 0.643. The summed E-state index contributed by atoms with van der Waals surface area (Å²) >= 11 is 0. The topological polar surface area (TPSA) is 3.24 Å². The maximum absolute atomic E-state index is 2.88. The molecule has 0 amide bonds. The third kappa shape index (κ3) is 3.29. The Morgan fingerprint density at radius 3 is 2.17 bits per heavy atom. The molecular formula is C17H33N. The molecule has 0 spiro atoms. The summed E-state index contributed by atoms with van der Waals surface area (Å²) in [5, 5.41) is 0. The molecule has 0 aromatic heterocycles. The minimum absolute atomic E-state index is 0.336. The lowest BCUT2D eigenvalue weighted by molar-refractivity contribution is -0.0527. The highest BCUT2D eigenvalue weighted by Crippen LogP contribution is 2.44. The summed E-state index contributed by atoms with van der Waals surface area (Å²) in [6.45, 7) is 14.4. The van der Waals surface area contributed by atoms with Crippen molar-refractivity contribution in [1.29, 1.82) is 0 Å². The second-order valence-corrected chi connectivity index (χ2v) is 8.92. The Morgan fingerprint density at radius 2 is 1.61 bits per heavy atom. The van der Waals surface area contributed by atoms with Crippen molar-refractivity contribution in [3.8, 4) is 0 Å². The summed E-state index contributed by atoms with van der Waals surface area (Å²) in [6.07, 6.45) is 8.67. The lowest BCUT2D eigenvalue weighted by Crippen LogP contribution is -2.59. The van der Waals surface area contributed by atoms with E-state index in [0.717, 1.165) is 18.0 Å². The highest BCUT2D eigenvalue weighted by molar-refractivity contribution is 4.98. The van der Waals surface area contributed by atoms with E-state index >= 15 is 0 Å². The number of rotatable bonds is 1. The van der Waals surface area contributed by atoms with Gasteiger partial charge in [-0.1, -0.05) is 33.6 Å². The van der Waals surface area contributed by atoms with Gasteiger partial charge in [-0.25, -0.2) is 0 Å². The van der Waals surface area contributed by atoms with E-state index < -0.39 is 0 Å². The van der Waals surface area contributed by atoms with E-state index in [1.54, 1.807) is 0 Å². The standard InChI is InChI=1S/C17H33N/c1-16(2,3)12-15-11-13-8-7-9-14(10-13)18(15)17(4,5)6/h13-15H,7-12H2,1-6H3. The molecular weight excluding hydrogens is 218 g/mol. The van der Waals surface area contributed by atoms with Crippen molar-refractivity contribution in [3.63, 3.8) is 0 Å². The van der Waals surface area contributed by atoms with Gasteiger partial charge in [0.2, 0.25) is 0 Å². The fourth-order valence-corrected chi connectivity index (χ4v) is 4.51. The van der Waals surface area contributed by atoms with Crippen molar-refractivity contribution in [2.24, 2.45) is 11.3 Å². The molecule has 18 heavy (non-hydrogen) atoms. The lowest BCUT2D eigenvalue weighted by atomic mass is 9.71. The molecule has 2 bridgehead atoms. The molecule has 1 heteroatoms. The van der Waals surface area contributed by atoms with Gasteiger partial charge in [0.05, 0.1) is 0 Å². The molecule has 0 N–H and O–H groups in total. The molecule has 1 saturated heterocycles. The minimum Gasteiger partial charge on any atom is -0.293 e. The average molecular weight is 251 g/mol. The molecule has 2 rings (SSSR count). The zero-order chi connectivity index (χ0) is 13.6. The first-order valence-corrected chi connectivity index (χ1v) is 7.95. The number of likely N-dealkylation sites (tertiary alicyclic amines) is 1. The van der Waals surface area contributed by atoms with Gasteiger partial charge in [-0.05, 0) is 57.8 Å². The fourth-order valence-electron chi connectivity index (χ4n) is 4.51. The first-order valence-electron chi connectivity index (χ1n) is 7.95. The van der Waals surface area contributed by atoms with E-state index in [9.17, 15) is 0 Å². The Hall–Kier alpha value is -0.0400. The highest BCUT2D eigenvalue weighted by Gasteiger charge is 2.43. The van der Waals surface area contributed by atoms with Gasteiger partial charge in [0.15, 0.2) is 0 Å². The second-order valence-electron chi connectivity index (χ2n) is 8.92. The smallest absolute Gasteiger partial charge is 0.0130 e. The number of nitrogens with zero attached hydrogens (tertiary/aromatic N) is 1. The van der Waals surface area contributed by atoms with Crippen LogP contribution in [0.3, 0.4) is 0 Å². The van der Waals surface area contributed by atoms with Crippen LogP contribution in [0.2, 0.25) is 0 Å². The van der Waals surface area contributed by atoms with Crippen LogP contribution < -0.4 is 0 Å². The van der Waals surface area contributed by atoms with Gasteiger partial charge in [-0.2, -0.15) is 0 Å². The highest BCUT2D eigenvalue weighted by atomic mass is 15.3. The number of piperidine rings is 1. The zero-order valence-electron chi connectivity index (χ0n) is 13.4. The van der Waals surface area contributed by atoms with Gasteiger partial charge in [0.25, 0.3) is 0 Å². The first-order chi connectivity index (χ1) is 8.17. The summed E-state index contributed by atoms with van der Waals surface area (Å²) in [5.41, 5.74) is 0.794. The fraction of sp³-hybridized carbons (Fsp3) is 1.00. The third-order valence-electron chi connectivity index (χ3n) is 4.77. The summed E-state index contributed by atoms with van der Waals surface area (Å²) in [4.78, 5) is 2.88. The number of hydrogen-bond donors (Lipinski definition) is 0. The molecule has 1 aliphatic heterocycles. The summed E-state index contributed by atoms with van der Waals surface area (Å²) in [7, 11) is 0. The van der Waals surface area contributed by atoms with Crippen LogP contribution >= 0.6 is 0 Å².